The maximum absolute atomic E-state index is 2.54. The lowest BCUT2D eigenvalue weighted by Crippen LogP contribution is -2.18. The summed E-state index contributed by atoms with van der Waals surface area (Å²) in [6.45, 7) is 10.2. The topological polar surface area (TPSA) is 0 Å². The minimum absolute atomic E-state index is 0.238. The van der Waals surface area contributed by atoms with Crippen LogP contribution in [0.4, 0.5) is 0 Å². The summed E-state index contributed by atoms with van der Waals surface area (Å²) in [7, 11) is 0.475. The van der Waals surface area contributed by atoms with Gasteiger partial charge in [-0.3, -0.25) is 0 Å². The van der Waals surface area contributed by atoms with Crippen molar-refractivity contribution in [1.82, 2.24) is 0 Å². The van der Waals surface area contributed by atoms with Gasteiger partial charge >= 0.3 is 0 Å². The Balaban J connectivity index is 1.36. The fraction of sp³-hybridized carbons (Fsp3) is 0.750. The highest BCUT2D eigenvalue weighted by molar-refractivity contribution is 7.59. The van der Waals surface area contributed by atoms with E-state index in [9.17, 15) is 0 Å². The lowest BCUT2D eigenvalue weighted by Gasteiger charge is -2.23. The molecule has 0 N–H and O–H groups in total. The van der Waals surface area contributed by atoms with Gasteiger partial charge in [0, 0.05) is 0 Å². The summed E-state index contributed by atoms with van der Waals surface area (Å²) in [4.78, 5) is 0. The highest BCUT2D eigenvalue weighted by Gasteiger charge is 2.50. The third kappa shape index (κ3) is 2.85. The van der Waals surface area contributed by atoms with Gasteiger partial charge in [0.1, 0.15) is 0 Å². The van der Waals surface area contributed by atoms with Crippen molar-refractivity contribution in [2.24, 2.45) is 23.7 Å². The number of rotatable bonds is 4. The van der Waals surface area contributed by atoms with E-state index in [-0.39, 0.29) is 15.8 Å². The summed E-state index contributed by atoms with van der Waals surface area (Å²) >= 11 is 0. The van der Waals surface area contributed by atoms with Crippen LogP contribution in [-0.2, 0) is 12.3 Å². The molecule has 0 radical (unpaired) electrons. The lowest BCUT2D eigenvalue weighted by molar-refractivity contribution is 0.365. The van der Waals surface area contributed by atoms with Gasteiger partial charge in [-0.1, -0.05) is 67.8 Å². The van der Waals surface area contributed by atoms with Gasteiger partial charge in [-0.2, -0.15) is 0 Å². The smallest absolute Gasteiger partial charge is 0.00651 e. The molecule has 4 heterocycles. The second-order valence-electron chi connectivity index (χ2n) is 10.2. The third-order valence-electron chi connectivity index (χ3n) is 8.61. The Bertz CT molecular complexity index is 581. The normalized spacial score (nSPS) is 49.2. The molecule has 26 heavy (non-hydrogen) atoms. The molecule has 0 spiro atoms. The maximum atomic E-state index is 2.54. The fourth-order valence-corrected chi connectivity index (χ4v) is 16.0. The molecule has 142 valence electrons. The number of benzene rings is 1. The van der Waals surface area contributed by atoms with Gasteiger partial charge < -0.3 is 0 Å². The molecule has 4 saturated heterocycles. The zero-order valence-electron chi connectivity index (χ0n) is 17.1. The zero-order valence-corrected chi connectivity index (χ0v) is 18.9. The number of hydrogen-bond donors (Lipinski definition) is 0. The Hall–Kier alpha value is 0.0800. The van der Waals surface area contributed by atoms with Crippen LogP contribution in [0.15, 0.2) is 24.3 Å². The average Bonchev–Trinajstić information content (AvgIpc) is 3.27. The molecule has 2 heteroatoms. The van der Waals surface area contributed by atoms with Gasteiger partial charge in [-0.05, 0) is 95.4 Å². The Labute approximate surface area is 163 Å². The molecule has 5 rings (SSSR count). The summed E-state index contributed by atoms with van der Waals surface area (Å²) in [6.07, 6.45) is 9.02. The van der Waals surface area contributed by atoms with E-state index in [0.717, 1.165) is 46.3 Å². The SMILES string of the molecule is C[C@H]1CC2[C@@H](C)CC1P2Cc1ccccc1CP1C2C[C@H](C)C1C[C@@H]2C. The zero-order chi connectivity index (χ0) is 18.0. The van der Waals surface area contributed by atoms with E-state index in [4.69, 9.17) is 0 Å². The molecule has 4 aliphatic heterocycles. The Morgan fingerprint density at radius 2 is 0.923 bits per heavy atom. The predicted molar refractivity (Wildman–Crippen MR) is 118 cm³/mol. The molecule has 0 amide bonds. The summed E-state index contributed by atoms with van der Waals surface area (Å²) < 4.78 is 0. The molecular formula is C24H36P2. The van der Waals surface area contributed by atoms with Crippen LogP contribution in [-0.4, -0.2) is 22.6 Å². The van der Waals surface area contributed by atoms with Crippen LogP contribution in [0.2, 0.25) is 0 Å². The van der Waals surface area contributed by atoms with Crippen LogP contribution in [0, 0.1) is 23.7 Å². The first-order chi connectivity index (χ1) is 12.5. The van der Waals surface area contributed by atoms with Crippen molar-refractivity contribution >= 4 is 15.8 Å². The molecule has 4 fully saturated rings. The first-order valence-electron chi connectivity index (χ1n) is 11.1. The van der Waals surface area contributed by atoms with Crippen molar-refractivity contribution in [3.63, 3.8) is 0 Å². The first kappa shape index (κ1) is 18.1. The third-order valence-corrected chi connectivity index (χ3v) is 16.3. The molecule has 0 aromatic heterocycles. The second kappa shape index (κ2) is 6.85. The summed E-state index contributed by atoms with van der Waals surface area (Å²) in [5.74, 6) is 4.02. The Morgan fingerprint density at radius 1 is 0.615 bits per heavy atom. The molecule has 1 aromatic carbocycles. The van der Waals surface area contributed by atoms with Gasteiger partial charge in [0.05, 0.1) is 0 Å². The number of fused-ring (bicyclic) bond motifs is 4. The largest absolute Gasteiger partial charge is 0.0953 e. The summed E-state index contributed by atoms with van der Waals surface area (Å²) in [5.41, 5.74) is 7.81. The van der Waals surface area contributed by atoms with Gasteiger partial charge in [-0.15, -0.1) is 0 Å². The van der Waals surface area contributed by atoms with Crippen molar-refractivity contribution in [3.8, 4) is 0 Å². The predicted octanol–water partition coefficient (Wildman–Crippen LogP) is 7.28. The fourth-order valence-electron chi connectivity index (χ4n) is 7.15. The second-order valence-corrected chi connectivity index (χ2v) is 15.6. The van der Waals surface area contributed by atoms with Gasteiger partial charge in [-0.25, -0.2) is 0 Å². The molecule has 4 unspecified atom stereocenters. The highest BCUT2D eigenvalue weighted by atomic mass is 31.1. The molecule has 0 saturated carbocycles. The lowest BCUT2D eigenvalue weighted by atomic mass is 9.84. The van der Waals surface area contributed by atoms with Gasteiger partial charge in [0.2, 0.25) is 0 Å². The summed E-state index contributed by atoms with van der Waals surface area (Å²) in [5, 5.41) is 0. The van der Waals surface area contributed by atoms with Crippen LogP contribution in [0.1, 0.15) is 64.5 Å². The van der Waals surface area contributed by atoms with Crippen LogP contribution in [0.25, 0.3) is 0 Å². The minimum atomic E-state index is 0.238. The standard InChI is InChI=1S/C24H36P2/c1-15-9-22-16(2)10-21(15)25(22)13-19-7-5-6-8-20(19)14-26-23-12-18(4)24(26)11-17(23)3/h5-8,15-18,21-24H,9-14H2,1-4H3/t15-,16-,17-,18-,21?,22?,23?,24?,25?,26?/m0/s1. The van der Waals surface area contributed by atoms with Gasteiger partial charge in [0.15, 0.2) is 0 Å². The highest BCUT2D eigenvalue weighted by Crippen LogP contribution is 2.71. The Kier molecular flexibility index (Phi) is 4.78. The summed E-state index contributed by atoms with van der Waals surface area (Å²) in [6, 6.07) is 9.65. The van der Waals surface area contributed by atoms with Crippen molar-refractivity contribution in [2.45, 2.75) is 88.3 Å². The maximum Gasteiger partial charge on any atom is -0.00651 e. The minimum Gasteiger partial charge on any atom is -0.0953 e. The quantitative estimate of drug-likeness (QED) is 0.477. The van der Waals surface area contributed by atoms with Gasteiger partial charge in [0.25, 0.3) is 0 Å². The van der Waals surface area contributed by atoms with Crippen molar-refractivity contribution in [1.29, 1.82) is 0 Å². The molecular weight excluding hydrogens is 350 g/mol. The number of hydrogen-bond acceptors (Lipinski definition) is 0. The monoisotopic (exact) mass is 386 g/mol. The van der Waals surface area contributed by atoms with E-state index in [1.165, 1.54) is 38.0 Å². The molecule has 8 atom stereocenters. The van der Waals surface area contributed by atoms with Crippen LogP contribution < -0.4 is 0 Å². The molecule has 4 bridgehead atoms. The van der Waals surface area contributed by atoms with Crippen molar-refractivity contribution < 1.29 is 0 Å². The van der Waals surface area contributed by atoms with Crippen LogP contribution in [0.5, 0.6) is 0 Å². The van der Waals surface area contributed by atoms with Crippen molar-refractivity contribution in [2.75, 3.05) is 0 Å². The van der Waals surface area contributed by atoms with Crippen molar-refractivity contribution in [3.05, 3.63) is 35.4 Å². The average molecular weight is 387 g/mol. The molecule has 0 aliphatic carbocycles. The molecule has 0 nitrogen and oxygen atoms in total. The Morgan fingerprint density at radius 3 is 1.23 bits per heavy atom. The first-order valence-corrected chi connectivity index (χ1v) is 14.4. The molecule has 4 aliphatic rings. The van der Waals surface area contributed by atoms with E-state index in [2.05, 4.69) is 52.0 Å². The molecule has 1 aromatic rings. The van der Waals surface area contributed by atoms with E-state index in [1.54, 1.807) is 11.1 Å². The van der Waals surface area contributed by atoms with E-state index in [1.807, 2.05) is 0 Å². The van der Waals surface area contributed by atoms with Crippen LogP contribution in [0.3, 0.4) is 0 Å². The van der Waals surface area contributed by atoms with E-state index >= 15 is 0 Å². The van der Waals surface area contributed by atoms with E-state index < -0.39 is 0 Å². The van der Waals surface area contributed by atoms with E-state index in [0.29, 0.717) is 0 Å². The van der Waals surface area contributed by atoms with Crippen LogP contribution >= 0.6 is 15.8 Å².